The van der Waals surface area contributed by atoms with E-state index in [1.165, 1.54) is 11.1 Å². The molecule has 0 aromatic heterocycles. The Morgan fingerprint density at radius 2 is 1.76 bits per heavy atom. The van der Waals surface area contributed by atoms with Crippen LogP contribution in [0.15, 0.2) is 24.3 Å². The molecule has 0 radical (unpaired) electrons. The third-order valence-corrected chi connectivity index (χ3v) is 2.90. The lowest BCUT2D eigenvalue weighted by Crippen LogP contribution is -2.37. The molecule has 0 saturated carbocycles. The highest BCUT2D eigenvalue weighted by Crippen LogP contribution is 2.11. The predicted octanol–water partition coefficient (Wildman–Crippen LogP) is 3.15. The van der Waals surface area contributed by atoms with Gasteiger partial charge in [-0.3, -0.25) is 0 Å². The molecule has 0 fully saturated rings. The smallest absolute Gasteiger partial charge is 0.0750 e. The molecule has 0 aliphatic heterocycles. The fourth-order valence-corrected chi connectivity index (χ4v) is 2.01. The van der Waals surface area contributed by atoms with Gasteiger partial charge >= 0.3 is 0 Å². The normalized spacial score (nSPS) is 11.8. The van der Waals surface area contributed by atoms with Gasteiger partial charge in [-0.1, -0.05) is 31.2 Å². The summed E-state index contributed by atoms with van der Waals surface area (Å²) in [6.45, 7) is 11.0. The molecule has 1 aromatic rings. The Hall–Kier alpha value is -0.860. The molecular formula is C15H25NO. The van der Waals surface area contributed by atoms with Gasteiger partial charge in [-0.15, -0.1) is 0 Å². The van der Waals surface area contributed by atoms with Crippen LogP contribution in [0, 0.1) is 0 Å². The summed E-state index contributed by atoms with van der Waals surface area (Å²) >= 11 is 0. The van der Waals surface area contributed by atoms with Gasteiger partial charge in [-0.25, -0.2) is 0 Å². The number of ether oxygens (including phenoxy) is 1. The lowest BCUT2D eigenvalue weighted by atomic mass is 10.0. The zero-order chi connectivity index (χ0) is 12.7. The van der Waals surface area contributed by atoms with Gasteiger partial charge in [0, 0.05) is 19.7 Å². The minimum Gasteiger partial charge on any atom is -0.375 e. The zero-order valence-electron chi connectivity index (χ0n) is 11.5. The number of benzene rings is 1. The Morgan fingerprint density at radius 1 is 1.12 bits per heavy atom. The van der Waals surface area contributed by atoms with Crippen molar-refractivity contribution < 1.29 is 4.74 Å². The number of hydrogen-bond acceptors (Lipinski definition) is 2. The van der Waals surface area contributed by atoms with Gasteiger partial charge < -0.3 is 10.1 Å². The summed E-state index contributed by atoms with van der Waals surface area (Å²) in [5.41, 5.74) is 2.73. The number of aryl methyl sites for hydroxylation is 1. The van der Waals surface area contributed by atoms with Gasteiger partial charge in [-0.05, 0) is 38.3 Å². The lowest BCUT2D eigenvalue weighted by Gasteiger charge is -2.25. The molecule has 0 unspecified atom stereocenters. The summed E-state index contributed by atoms with van der Waals surface area (Å²) in [4.78, 5) is 0. The van der Waals surface area contributed by atoms with Crippen LogP contribution >= 0.6 is 0 Å². The van der Waals surface area contributed by atoms with E-state index in [0.29, 0.717) is 0 Å². The van der Waals surface area contributed by atoms with Crippen molar-refractivity contribution in [3.8, 4) is 0 Å². The summed E-state index contributed by atoms with van der Waals surface area (Å²) in [5.74, 6) is 0. The molecule has 0 aliphatic rings. The molecule has 0 atom stereocenters. The second-order valence-electron chi connectivity index (χ2n) is 4.92. The highest BCUT2D eigenvalue weighted by Gasteiger charge is 2.16. The molecule has 1 rings (SSSR count). The van der Waals surface area contributed by atoms with Crippen molar-refractivity contribution in [3.05, 3.63) is 35.4 Å². The maximum atomic E-state index is 5.66. The summed E-state index contributed by atoms with van der Waals surface area (Å²) in [5, 5.41) is 3.48. The van der Waals surface area contributed by atoms with Crippen molar-refractivity contribution >= 4 is 0 Å². The fourth-order valence-electron chi connectivity index (χ4n) is 2.01. The predicted molar refractivity (Wildman–Crippen MR) is 73.2 cm³/mol. The average molecular weight is 235 g/mol. The third kappa shape index (κ3) is 4.88. The van der Waals surface area contributed by atoms with Crippen LogP contribution in [0.4, 0.5) is 0 Å². The van der Waals surface area contributed by atoms with Gasteiger partial charge in [-0.2, -0.15) is 0 Å². The Morgan fingerprint density at radius 3 is 2.35 bits per heavy atom. The van der Waals surface area contributed by atoms with Crippen LogP contribution in [0.1, 0.15) is 38.8 Å². The summed E-state index contributed by atoms with van der Waals surface area (Å²) in [6, 6.07) is 8.60. The molecule has 2 nitrogen and oxygen atoms in total. The first-order valence-electron chi connectivity index (χ1n) is 6.50. The maximum Gasteiger partial charge on any atom is 0.0750 e. The first-order chi connectivity index (χ1) is 8.09. The third-order valence-electron chi connectivity index (χ3n) is 2.90. The van der Waals surface area contributed by atoms with Crippen LogP contribution in [0.25, 0.3) is 0 Å². The van der Waals surface area contributed by atoms with Crippen molar-refractivity contribution in [2.75, 3.05) is 13.2 Å². The zero-order valence-corrected chi connectivity index (χ0v) is 11.5. The Bertz CT molecular complexity index is 333. The minimum absolute atomic E-state index is 0.0874. The highest BCUT2D eigenvalue weighted by atomic mass is 16.5. The number of hydrogen-bond donors (Lipinski definition) is 1. The van der Waals surface area contributed by atoms with Gasteiger partial charge in [0.05, 0.1) is 5.60 Å². The van der Waals surface area contributed by atoms with Crippen LogP contribution in [0.2, 0.25) is 0 Å². The maximum absolute atomic E-state index is 5.66. The van der Waals surface area contributed by atoms with Crippen molar-refractivity contribution in [1.29, 1.82) is 0 Å². The van der Waals surface area contributed by atoms with Crippen molar-refractivity contribution in [2.45, 2.75) is 46.3 Å². The molecule has 0 aliphatic carbocycles. The van der Waals surface area contributed by atoms with E-state index < -0.39 is 0 Å². The van der Waals surface area contributed by atoms with Gasteiger partial charge in [0.15, 0.2) is 0 Å². The Kier molecular flexibility index (Phi) is 5.66. The van der Waals surface area contributed by atoms with Crippen LogP contribution in [0.3, 0.4) is 0 Å². The molecule has 0 bridgehead atoms. The van der Waals surface area contributed by atoms with E-state index in [0.717, 1.165) is 26.1 Å². The van der Waals surface area contributed by atoms with Gasteiger partial charge in [0.2, 0.25) is 0 Å². The van der Waals surface area contributed by atoms with Crippen molar-refractivity contribution in [3.63, 3.8) is 0 Å². The molecule has 96 valence electrons. The second-order valence-corrected chi connectivity index (χ2v) is 4.92. The monoisotopic (exact) mass is 235 g/mol. The van der Waals surface area contributed by atoms with Crippen LogP contribution in [0.5, 0.6) is 0 Å². The van der Waals surface area contributed by atoms with E-state index in [1.54, 1.807) is 0 Å². The first kappa shape index (κ1) is 14.2. The number of nitrogens with one attached hydrogen (secondary N) is 1. The Labute approximate surface area is 105 Å². The van der Waals surface area contributed by atoms with E-state index in [-0.39, 0.29) is 5.60 Å². The molecule has 0 saturated heterocycles. The van der Waals surface area contributed by atoms with E-state index in [4.69, 9.17) is 4.74 Å². The minimum atomic E-state index is -0.0874. The number of rotatable bonds is 7. The highest BCUT2D eigenvalue weighted by molar-refractivity contribution is 5.26. The topological polar surface area (TPSA) is 21.3 Å². The summed E-state index contributed by atoms with van der Waals surface area (Å²) < 4.78 is 5.66. The quantitative estimate of drug-likeness (QED) is 0.784. The molecule has 2 heteroatoms. The molecule has 0 amide bonds. The lowest BCUT2D eigenvalue weighted by molar-refractivity contribution is -0.00898. The van der Waals surface area contributed by atoms with Crippen molar-refractivity contribution in [2.24, 2.45) is 0 Å². The molecule has 1 aromatic carbocycles. The van der Waals surface area contributed by atoms with Crippen LogP contribution in [-0.4, -0.2) is 18.8 Å². The standard InChI is InChI=1S/C15H25NO/c1-5-13-9-7-8-10-14(13)11-16-12-15(3,4)17-6-2/h7-10,16H,5-6,11-12H2,1-4H3. The molecule has 17 heavy (non-hydrogen) atoms. The summed E-state index contributed by atoms with van der Waals surface area (Å²) in [6.07, 6.45) is 1.09. The van der Waals surface area contributed by atoms with Crippen LogP contribution in [-0.2, 0) is 17.7 Å². The van der Waals surface area contributed by atoms with E-state index in [1.807, 2.05) is 6.92 Å². The van der Waals surface area contributed by atoms with Crippen molar-refractivity contribution in [1.82, 2.24) is 5.32 Å². The molecular weight excluding hydrogens is 210 g/mol. The molecule has 0 heterocycles. The SMILES string of the molecule is CCOC(C)(C)CNCc1ccccc1CC. The summed E-state index contributed by atoms with van der Waals surface area (Å²) in [7, 11) is 0. The molecule has 0 spiro atoms. The van der Waals surface area contributed by atoms with Gasteiger partial charge in [0.25, 0.3) is 0 Å². The van der Waals surface area contributed by atoms with Gasteiger partial charge in [0.1, 0.15) is 0 Å². The van der Waals surface area contributed by atoms with E-state index in [9.17, 15) is 0 Å². The fraction of sp³-hybridized carbons (Fsp3) is 0.600. The van der Waals surface area contributed by atoms with Crippen LogP contribution < -0.4 is 5.32 Å². The Balaban J connectivity index is 2.45. The largest absolute Gasteiger partial charge is 0.375 e. The van der Waals surface area contributed by atoms with E-state index in [2.05, 4.69) is 50.4 Å². The second kappa shape index (κ2) is 6.77. The average Bonchev–Trinajstić information content (AvgIpc) is 2.29. The first-order valence-corrected chi connectivity index (χ1v) is 6.50. The van der Waals surface area contributed by atoms with E-state index >= 15 is 0 Å². The molecule has 1 N–H and O–H groups in total.